The number of nitriles is 2. The van der Waals surface area contributed by atoms with E-state index >= 15 is 0 Å². The minimum atomic E-state index is -0.0551. The van der Waals surface area contributed by atoms with Gasteiger partial charge >= 0.3 is 0 Å². The van der Waals surface area contributed by atoms with Crippen LogP contribution in [0.2, 0.25) is 0 Å². The molecule has 0 saturated heterocycles. The van der Waals surface area contributed by atoms with Gasteiger partial charge in [-0.25, -0.2) is 0 Å². The zero-order chi connectivity index (χ0) is 10.4. The Morgan fingerprint density at radius 1 is 1.43 bits per heavy atom. The van der Waals surface area contributed by atoms with Crippen LogP contribution in [0.4, 0.5) is 0 Å². The van der Waals surface area contributed by atoms with Gasteiger partial charge in [0.25, 0.3) is 0 Å². The summed E-state index contributed by atoms with van der Waals surface area (Å²) < 4.78 is 4.97. The molecule has 4 heteroatoms. The van der Waals surface area contributed by atoms with E-state index in [0.717, 1.165) is 0 Å². The molecule has 0 N–H and O–H groups in total. The molecule has 0 spiro atoms. The fourth-order valence-corrected chi connectivity index (χ4v) is 0.988. The van der Waals surface area contributed by atoms with Gasteiger partial charge < -0.3 is 4.74 Å². The highest BCUT2D eigenvalue weighted by Gasteiger charge is 2.08. The first-order valence-corrected chi connectivity index (χ1v) is 3.82. The highest BCUT2D eigenvalue weighted by atomic mass is 16.5. The van der Waals surface area contributed by atoms with Crippen LogP contribution in [0, 0.1) is 22.7 Å². The monoisotopic (exact) mass is 185 g/mol. The molecule has 0 bridgehead atoms. The van der Waals surface area contributed by atoms with Gasteiger partial charge in [-0.3, -0.25) is 4.98 Å². The SMILES string of the molecule is COC(=C(C#N)C#N)c1cccnc1. The van der Waals surface area contributed by atoms with Crippen LogP contribution in [0.1, 0.15) is 5.56 Å². The van der Waals surface area contributed by atoms with Crippen molar-refractivity contribution in [2.75, 3.05) is 7.11 Å². The molecule has 0 atom stereocenters. The molecule has 1 rings (SSSR count). The Bertz CT molecular complexity index is 407. The van der Waals surface area contributed by atoms with Crippen molar-refractivity contribution in [3.63, 3.8) is 0 Å². The van der Waals surface area contributed by atoms with Crippen LogP contribution in [-0.4, -0.2) is 12.1 Å². The van der Waals surface area contributed by atoms with Crippen LogP contribution in [0.25, 0.3) is 5.76 Å². The third-order valence-corrected chi connectivity index (χ3v) is 1.58. The summed E-state index contributed by atoms with van der Waals surface area (Å²) in [5.41, 5.74) is 0.564. The van der Waals surface area contributed by atoms with Crippen LogP contribution >= 0.6 is 0 Å². The first-order chi connectivity index (χ1) is 6.83. The molecule has 0 amide bonds. The summed E-state index contributed by atoms with van der Waals surface area (Å²) in [6.45, 7) is 0. The Labute approximate surface area is 81.7 Å². The second kappa shape index (κ2) is 4.64. The fraction of sp³-hybridized carbons (Fsp3) is 0.100. The summed E-state index contributed by atoms with van der Waals surface area (Å²) in [5, 5.41) is 17.3. The van der Waals surface area contributed by atoms with E-state index in [4.69, 9.17) is 15.3 Å². The lowest BCUT2D eigenvalue weighted by Gasteiger charge is -2.04. The number of allylic oxidation sites excluding steroid dienone is 1. The largest absolute Gasteiger partial charge is 0.494 e. The number of pyridine rings is 1. The smallest absolute Gasteiger partial charge is 0.172 e. The Kier molecular flexibility index (Phi) is 3.23. The van der Waals surface area contributed by atoms with Crippen molar-refractivity contribution < 1.29 is 4.74 Å². The summed E-state index contributed by atoms with van der Waals surface area (Å²) in [5.74, 6) is 0.253. The highest BCUT2D eigenvalue weighted by molar-refractivity contribution is 5.69. The summed E-state index contributed by atoms with van der Waals surface area (Å²) in [4.78, 5) is 3.87. The number of ether oxygens (including phenoxy) is 1. The van der Waals surface area contributed by atoms with Gasteiger partial charge in [-0.15, -0.1) is 0 Å². The van der Waals surface area contributed by atoms with E-state index in [9.17, 15) is 0 Å². The maximum atomic E-state index is 8.66. The van der Waals surface area contributed by atoms with E-state index in [-0.39, 0.29) is 11.3 Å². The molecule has 14 heavy (non-hydrogen) atoms. The zero-order valence-corrected chi connectivity index (χ0v) is 7.56. The first kappa shape index (κ1) is 9.76. The van der Waals surface area contributed by atoms with Crippen molar-refractivity contribution in [2.24, 2.45) is 0 Å². The molecule has 0 aliphatic rings. The average Bonchev–Trinajstić information content (AvgIpc) is 2.27. The van der Waals surface area contributed by atoms with Crippen LogP contribution in [0.3, 0.4) is 0 Å². The fourth-order valence-electron chi connectivity index (χ4n) is 0.988. The average molecular weight is 185 g/mol. The molecule has 68 valence electrons. The lowest BCUT2D eigenvalue weighted by atomic mass is 10.1. The molecule has 0 aromatic carbocycles. The van der Waals surface area contributed by atoms with E-state index in [2.05, 4.69) is 4.98 Å². The van der Waals surface area contributed by atoms with Gasteiger partial charge in [-0.1, -0.05) is 0 Å². The standard InChI is InChI=1S/C10H7N3O/c1-14-10(9(5-11)6-12)8-3-2-4-13-7-8/h2-4,7H,1H3. The molecule has 1 aromatic rings. The van der Waals surface area contributed by atoms with E-state index in [0.29, 0.717) is 5.56 Å². The van der Waals surface area contributed by atoms with Crippen molar-refractivity contribution in [3.8, 4) is 12.1 Å². The Hall–Kier alpha value is -2.33. The number of hydrogen-bond acceptors (Lipinski definition) is 4. The third-order valence-electron chi connectivity index (χ3n) is 1.58. The molecule has 0 fully saturated rings. The van der Waals surface area contributed by atoms with Gasteiger partial charge in [0.05, 0.1) is 7.11 Å². The predicted molar refractivity (Wildman–Crippen MR) is 49.4 cm³/mol. The molecule has 0 radical (unpaired) electrons. The minimum absolute atomic E-state index is 0.0551. The number of methoxy groups -OCH3 is 1. The van der Waals surface area contributed by atoms with E-state index in [1.54, 1.807) is 30.5 Å². The molecular weight excluding hydrogens is 178 g/mol. The van der Waals surface area contributed by atoms with Gasteiger partial charge in [0.2, 0.25) is 0 Å². The Balaban J connectivity index is 3.26. The zero-order valence-electron chi connectivity index (χ0n) is 7.56. The van der Waals surface area contributed by atoms with Crippen molar-refractivity contribution in [1.82, 2.24) is 4.98 Å². The number of rotatable bonds is 2. The van der Waals surface area contributed by atoms with Crippen LogP contribution in [-0.2, 0) is 4.74 Å². The summed E-state index contributed by atoms with van der Waals surface area (Å²) in [7, 11) is 1.41. The maximum Gasteiger partial charge on any atom is 0.172 e. The highest BCUT2D eigenvalue weighted by Crippen LogP contribution is 2.17. The second-order valence-electron chi connectivity index (χ2n) is 2.37. The molecule has 1 aromatic heterocycles. The Morgan fingerprint density at radius 3 is 2.57 bits per heavy atom. The van der Waals surface area contributed by atoms with Gasteiger partial charge in [0, 0.05) is 18.0 Å². The quantitative estimate of drug-likeness (QED) is 0.517. The van der Waals surface area contributed by atoms with Crippen LogP contribution in [0.5, 0.6) is 0 Å². The van der Waals surface area contributed by atoms with Gasteiger partial charge in [0.15, 0.2) is 11.3 Å². The van der Waals surface area contributed by atoms with Crippen molar-refractivity contribution >= 4 is 5.76 Å². The second-order valence-corrected chi connectivity index (χ2v) is 2.37. The molecule has 1 heterocycles. The van der Waals surface area contributed by atoms with E-state index < -0.39 is 0 Å². The predicted octanol–water partition coefficient (Wildman–Crippen LogP) is 1.49. The molecular formula is C10H7N3O. The number of hydrogen-bond donors (Lipinski definition) is 0. The normalized spacial score (nSPS) is 8.21. The maximum absolute atomic E-state index is 8.66. The van der Waals surface area contributed by atoms with Crippen LogP contribution < -0.4 is 0 Å². The first-order valence-electron chi connectivity index (χ1n) is 3.82. The molecule has 0 aliphatic heterocycles. The van der Waals surface area contributed by atoms with E-state index in [1.807, 2.05) is 0 Å². The van der Waals surface area contributed by atoms with Gasteiger partial charge in [0.1, 0.15) is 12.1 Å². The molecule has 0 unspecified atom stereocenters. The summed E-state index contributed by atoms with van der Waals surface area (Å²) in [6, 6.07) is 6.97. The third kappa shape index (κ3) is 1.88. The number of aromatic nitrogens is 1. The van der Waals surface area contributed by atoms with Gasteiger partial charge in [-0.05, 0) is 12.1 Å². The van der Waals surface area contributed by atoms with Crippen molar-refractivity contribution in [2.45, 2.75) is 0 Å². The lowest BCUT2D eigenvalue weighted by Crippen LogP contribution is -1.92. The summed E-state index contributed by atoms with van der Waals surface area (Å²) >= 11 is 0. The molecule has 0 aliphatic carbocycles. The van der Waals surface area contributed by atoms with Crippen molar-refractivity contribution in [3.05, 3.63) is 35.7 Å². The van der Waals surface area contributed by atoms with Gasteiger partial charge in [-0.2, -0.15) is 10.5 Å². The van der Waals surface area contributed by atoms with Crippen molar-refractivity contribution in [1.29, 1.82) is 10.5 Å². The topological polar surface area (TPSA) is 69.7 Å². The summed E-state index contributed by atoms with van der Waals surface area (Å²) in [6.07, 6.45) is 3.14. The van der Waals surface area contributed by atoms with Crippen LogP contribution in [0.15, 0.2) is 30.1 Å². The minimum Gasteiger partial charge on any atom is -0.494 e. The Morgan fingerprint density at radius 2 is 2.14 bits per heavy atom. The van der Waals surface area contributed by atoms with E-state index in [1.165, 1.54) is 13.3 Å². The molecule has 0 saturated carbocycles. The number of nitrogens with zero attached hydrogens (tertiary/aromatic N) is 3. The lowest BCUT2D eigenvalue weighted by molar-refractivity contribution is 0.368. The molecule has 4 nitrogen and oxygen atoms in total.